The zero-order valence-electron chi connectivity index (χ0n) is 17.1. The first kappa shape index (κ1) is 20.5. The number of carbonyl (C=O) groups is 3. The molecule has 3 aromatic rings. The van der Waals surface area contributed by atoms with Gasteiger partial charge in [0.15, 0.2) is 5.88 Å². The van der Waals surface area contributed by atoms with Gasteiger partial charge < -0.3 is 20.3 Å². The quantitative estimate of drug-likeness (QED) is 0.475. The lowest BCUT2D eigenvalue weighted by molar-refractivity contribution is -0.135. The number of anilines is 1. The van der Waals surface area contributed by atoms with E-state index in [1.54, 1.807) is 12.3 Å². The maximum atomic E-state index is 12.2. The largest absolute Gasteiger partial charge is 0.494 e. The van der Waals surface area contributed by atoms with Gasteiger partial charge in [-0.3, -0.25) is 14.9 Å². The Balaban J connectivity index is 1.43. The molecule has 8 nitrogen and oxygen atoms in total. The number of rotatable bonds is 5. The summed E-state index contributed by atoms with van der Waals surface area (Å²) in [4.78, 5) is 35.7. The topological polar surface area (TPSA) is 112 Å². The van der Waals surface area contributed by atoms with Crippen LogP contribution in [0.15, 0.2) is 48.7 Å². The predicted octanol–water partition coefficient (Wildman–Crippen LogP) is 3.21. The number of aryl methyl sites for hydroxylation is 1. The number of hydrogen-bond acceptors (Lipinski definition) is 4. The van der Waals surface area contributed by atoms with Crippen LogP contribution in [-0.2, 0) is 22.6 Å². The van der Waals surface area contributed by atoms with Gasteiger partial charge in [0.05, 0.1) is 0 Å². The number of urea groups is 1. The third-order valence-electron chi connectivity index (χ3n) is 5.50. The van der Waals surface area contributed by atoms with Crippen LogP contribution < -0.4 is 16.0 Å². The number of piperidine rings is 1. The Bertz CT molecular complexity index is 1150. The summed E-state index contributed by atoms with van der Waals surface area (Å²) >= 11 is 0. The highest BCUT2D eigenvalue weighted by atomic mass is 16.3. The molecule has 1 aromatic heterocycles. The molecule has 1 fully saturated rings. The van der Waals surface area contributed by atoms with Crippen LogP contribution in [0.1, 0.15) is 36.9 Å². The number of nitrogens with one attached hydrogen (secondary N) is 3. The van der Waals surface area contributed by atoms with Crippen LogP contribution in [0, 0.1) is 0 Å². The van der Waals surface area contributed by atoms with Crippen molar-refractivity contribution >= 4 is 34.3 Å². The number of fused-ring (bicyclic) bond motifs is 1. The fraction of sp³-hybridized carbons (Fsp3) is 0.261. The SMILES string of the molecule is CCc1ccc(NC(=O)NCc2ccc3c(O)n(C4CCC(=O)NC4=O)cc3c2)cc1. The number of aromatic hydroxyl groups is 1. The van der Waals surface area contributed by atoms with E-state index in [-0.39, 0.29) is 24.2 Å². The van der Waals surface area contributed by atoms with Crippen LogP contribution in [0.4, 0.5) is 10.5 Å². The Hall–Kier alpha value is -3.81. The first-order valence-electron chi connectivity index (χ1n) is 10.2. The Morgan fingerprint density at radius 1 is 1.16 bits per heavy atom. The zero-order valence-corrected chi connectivity index (χ0v) is 17.1. The Kier molecular flexibility index (Phi) is 5.62. The number of aromatic nitrogens is 1. The van der Waals surface area contributed by atoms with E-state index >= 15 is 0 Å². The molecule has 4 rings (SSSR count). The Morgan fingerprint density at radius 3 is 2.61 bits per heavy atom. The van der Waals surface area contributed by atoms with Gasteiger partial charge in [0.1, 0.15) is 6.04 Å². The predicted molar refractivity (Wildman–Crippen MR) is 117 cm³/mol. The lowest BCUT2D eigenvalue weighted by Crippen LogP contribution is -2.41. The number of carbonyl (C=O) groups excluding carboxylic acids is 3. The van der Waals surface area contributed by atoms with Gasteiger partial charge in [-0.15, -0.1) is 0 Å². The van der Waals surface area contributed by atoms with Gasteiger partial charge in [-0.05, 0) is 48.2 Å². The zero-order chi connectivity index (χ0) is 22.0. The summed E-state index contributed by atoms with van der Waals surface area (Å²) in [6, 6.07) is 12.2. The third-order valence-corrected chi connectivity index (χ3v) is 5.50. The highest BCUT2D eigenvalue weighted by Crippen LogP contribution is 2.33. The van der Waals surface area contributed by atoms with E-state index in [2.05, 4.69) is 22.9 Å². The van der Waals surface area contributed by atoms with Crippen LogP contribution in [0.5, 0.6) is 5.88 Å². The molecule has 1 saturated heterocycles. The highest BCUT2D eigenvalue weighted by molar-refractivity contribution is 6.00. The van der Waals surface area contributed by atoms with E-state index in [1.165, 1.54) is 10.1 Å². The summed E-state index contributed by atoms with van der Waals surface area (Å²) in [7, 11) is 0. The van der Waals surface area contributed by atoms with E-state index < -0.39 is 11.9 Å². The molecule has 0 radical (unpaired) electrons. The van der Waals surface area contributed by atoms with Crippen LogP contribution in [0.2, 0.25) is 0 Å². The lowest BCUT2D eigenvalue weighted by atomic mass is 10.1. The molecular weight excluding hydrogens is 396 g/mol. The van der Waals surface area contributed by atoms with E-state index in [9.17, 15) is 19.5 Å². The molecule has 31 heavy (non-hydrogen) atoms. The van der Waals surface area contributed by atoms with Crippen LogP contribution >= 0.6 is 0 Å². The van der Waals surface area contributed by atoms with Crippen molar-refractivity contribution in [2.75, 3.05) is 5.32 Å². The van der Waals surface area contributed by atoms with Crippen molar-refractivity contribution < 1.29 is 19.5 Å². The smallest absolute Gasteiger partial charge is 0.319 e. The molecule has 1 unspecified atom stereocenters. The lowest BCUT2D eigenvalue weighted by Gasteiger charge is -2.22. The Morgan fingerprint density at radius 2 is 1.90 bits per heavy atom. The van der Waals surface area contributed by atoms with Gasteiger partial charge in [-0.2, -0.15) is 0 Å². The third kappa shape index (κ3) is 4.37. The minimum atomic E-state index is -0.628. The summed E-state index contributed by atoms with van der Waals surface area (Å²) < 4.78 is 1.50. The number of imide groups is 1. The molecule has 0 bridgehead atoms. The summed E-state index contributed by atoms with van der Waals surface area (Å²) in [5.74, 6) is -0.736. The summed E-state index contributed by atoms with van der Waals surface area (Å²) in [5.41, 5.74) is 2.77. The second-order valence-electron chi connectivity index (χ2n) is 7.61. The van der Waals surface area contributed by atoms with Gasteiger partial charge in [-0.1, -0.05) is 25.1 Å². The van der Waals surface area contributed by atoms with Crippen molar-refractivity contribution in [1.29, 1.82) is 0 Å². The molecule has 0 saturated carbocycles. The van der Waals surface area contributed by atoms with Crippen LogP contribution in [0.25, 0.3) is 10.8 Å². The molecule has 4 N–H and O–H groups in total. The molecule has 1 aliphatic rings. The Labute approximate surface area is 179 Å². The summed E-state index contributed by atoms with van der Waals surface area (Å²) in [5, 5.41) is 19.8. The van der Waals surface area contributed by atoms with Gasteiger partial charge in [-0.25, -0.2) is 4.79 Å². The maximum Gasteiger partial charge on any atom is 0.319 e. The van der Waals surface area contributed by atoms with E-state index in [0.29, 0.717) is 18.4 Å². The second-order valence-corrected chi connectivity index (χ2v) is 7.61. The number of hydrogen-bond donors (Lipinski definition) is 4. The molecule has 2 heterocycles. The normalized spacial score (nSPS) is 16.2. The summed E-state index contributed by atoms with van der Waals surface area (Å²) in [6.07, 6.45) is 3.21. The van der Waals surface area contributed by atoms with Crippen molar-refractivity contribution in [3.8, 4) is 5.88 Å². The van der Waals surface area contributed by atoms with Crippen molar-refractivity contribution in [3.05, 3.63) is 59.8 Å². The van der Waals surface area contributed by atoms with Crippen molar-refractivity contribution in [2.24, 2.45) is 0 Å². The highest BCUT2D eigenvalue weighted by Gasteiger charge is 2.30. The molecule has 0 spiro atoms. The molecule has 2 aromatic carbocycles. The van der Waals surface area contributed by atoms with Gasteiger partial charge in [0.25, 0.3) is 0 Å². The van der Waals surface area contributed by atoms with E-state index in [1.807, 2.05) is 36.4 Å². The maximum absolute atomic E-state index is 12.2. The van der Waals surface area contributed by atoms with Gasteiger partial charge in [0.2, 0.25) is 11.8 Å². The number of amides is 4. The average molecular weight is 420 g/mol. The van der Waals surface area contributed by atoms with E-state index in [0.717, 1.165) is 23.1 Å². The average Bonchev–Trinajstić information content (AvgIpc) is 3.08. The van der Waals surface area contributed by atoms with E-state index in [4.69, 9.17) is 0 Å². The number of nitrogens with zero attached hydrogens (tertiary/aromatic N) is 1. The molecule has 1 aliphatic heterocycles. The molecule has 8 heteroatoms. The number of benzene rings is 2. The molecular formula is C23H24N4O4. The molecule has 1 atom stereocenters. The summed E-state index contributed by atoms with van der Waals surface area (Å²) in [6.45, 7) is 2.38. The van der Waals surface area contributed by atoms with Gasteiger partial charge in [0, 0.05) is 35.6 Å². The van der Waals surface area contributed by atoms with Crippen molar-refractivity contribution in [1.82, 2.24) is 15.2 Å². The van der Waals surface area contributed by atoms with Crippen molar-refractivity contribution in [2.45, 2.75) is 38.8 Å². The first-order chi connectivity index (χ1) is 14.9. The fourth-order valence-corrected chi connectivity index (χ4v) is 3.75. The second kappa shape index (κ2) is 8.51. The van der Waals surface area contributed by atoms with Gasteiger partial charge >= 0.3 is 6.03 Å². The molecule has 160 valence electrons. The monoisotopic (exact) mass is 420 g/mol. The standard InChI is InChI=1S/C23H24N4O4/c1-2-14-3-6-17(7-4-14)25-23(31)24-12-15-5-8-18-16(11-15)13-27(22(18)30)19-9-10-20(28)26-21(19)29/h3-8,11,13,19,30H,2,9-10,12H2,1H3,(H2,24,25,31)(H,26,28,29). The van der Waals surface area contributed by atoms with Crippen molar-refractivity contribution in [3.63, 3.8) is 0 Å². The van der Waals surface area contributed by atoms with Crippen LogP contribution in [0.3, 0.4) is 0 Å². The minimum absolute atomic E-state index is 0.0164. The molecule has 4 amide bonds. The van der Waals surface area contributed by atoms with Crippen LogP contribution in [-0.4, -0.2) is 27.5 Å². The molecule has 0 aliphatic carbocycles. The first-order valence-corrected chi connectivity index (χ1v) is 10.2. The fourth-order valence-electron chi connectivity index (χ4n) is 3.75. The minimum Gasteiger partial charge on any atom is -0.494 e.